The second-order valence-electron chi connectivity index (χ2n) is 10.5. The molecule has 4 rings (SSSR count). The van der Waals surface area contributed by atoms with Crippen molar-refractivity contribution in [3.63, 3.8) is 0 Å². The molecule has 0 bridgehead atoms. The van der Waals surface area contributed by atoms with Crippen molar-refractivity contribution >= 4 is 5.97 Å². The molecule has 32 heavy (non-hydrogen) atoms. The van der Waals surface area contributed by atoms with Gasteiger partial charge in [-0.3, -0.25) is 4.79 Å². The van der Waals surface area contributed by atoms with E-state index in [4.69, 9.17) is 9.47 Å². The molecule has 0 N–H and O–H groups in total. The van der Waals surface area contributed by atoms with Crippen molar-refractivity contribution in [2.45, 2.75) is 77.0 Å². The van der Waals surface area contributed by atoms with Crippen LogP contribution in [0.3, 0.4) is 0 Å². The third-order valence-corrected chi connectivity index (χ3v) is 8.66. The lowest BCUT2D eigenvalue weighted by atomic mass is 9.60. The summed E-state index contributed by atoms with van der Waals surface area (Å²) in [6, 6.07) is 4.34. The lowest BCUT2D eigenvalue weighted by Gasteiger charge is -2.45. The summed E-state index contributed by atoms with van der Waals surface area (Å²) in [4.78, 5) is 12.6. The molecule has 0 spiro atoms. The van der Waals surface area contributed by atoms with E-state index in [0.717, 1.165) is 55.3 Å². The van der Waals surface area contributed by atoms with Gasteiger partial charge in [0.15, 0.2) is 11.6 Å². The van der Waals surface area contributed by atoms with Gasteiger partial charge in [0.25, 0.3) is 0 Å². The summed E-state index contributed by atoms with van der Waals surface area (Å²) >= 11 is 0. The number of ether oxygens (including phenoxy) is 2. The topological polar surface area (TPSA) is 35.5 Å². The Hall–Kier alpha value is -1.84. The van der Waals surface area contributed by atoms with Crippen LogP contribution in [0.4, 0.5) is 4.39 Å². The summed E-state index contributed by atoms with van der Waals surface area (Å²) < 4.78 is 24.5. The van der Waals surface area contributed by atoms with Crippen molar-refractivity contribution in [3.05, 3.63) is 36.7 Å². The summed E-state index contributed by atoms with van der Waals surface area (Å²) in [5.41, 5.74) is 0. The van der Waals surface area contributed by atoms with Gasteiger partial charge in [-0.15, -0.1) is 6.58 Å². The molecule has 0 aromatic heterocycles. The number of benzene rings is 1. The smallest absolute Gasteiger partial charge is 0.314 e. The van der Waals surface area contributed by atoms with Crippen molar-refractivity contribution in [1.29, 1.82) is 0 Å². The fourth-order valence-corrected chi connectivity index (χ4v) is 6.78. The van der Waals surface area contributed by atoms with E-state index in [2.05, 4.69) is 12.7 Å². The fraction of sp³-hybridized carbons (Fsp3) is 0.679. The van der Waals surface area contributed by atoms with Crippen LogP contribution in [0, 0.1) is 41.3 Å². The second kappa shape index (κ2) is 10.9. The number of halogens is 1. The maximum absolute atomic E-state index is 14.1. The number of hydrogen-bond acceptors (Lipinski definition) is 3. The van der Waals surface area contributed by atoms with Gasteiger partial charge >= 0.3 is 5.97 Å². The Bertz CT molecular complexity index is 783. The molecule has 3 saturated carbocycles. The predicted octanol–water partition coefficient (Wildman–Crippen LogP) is 7.34. The average molecular weight is 443 g/mol. The molecular weight excluding hydrogens is 403 g/mol. The number of fused-ring (bicyclic) bond motifs is 1. The second-order valence-corrected chi connectivity index (χ2v) is 10.5. The highest BCUT2D eigenvalue weighted by Gasteiger charge is 2.39. The van der Waals surface area contributed by atoms with E-state index in [9.17, 15) is 9.18 Å². The summed E-state index contributed by atoms with van der Waals surface area (Å²) in [5, 5.41) is 0. The van der Waals surface area contributed by atoms with Crippen molar-refractivity contribution in [1.82, 2.24) is 0 Å². The van der Waals surface area contributed by atoms with E-state index in [1.807, 2.05) is 0 Å². The van der Waals surface area contributed by atoms with Crippen LogP contribution in [0.5, 0.6) is 11.5 Å². The lowest BCUT2D eigenvalue weighted by Crippen LogP contribution is -2.35. The van der Waals surface area contributed by atoms with Gasteiger partial charge in [-0.05, 0) is 112 Å². The summed E-state index contributed by atoms with van der Waals surface area (Å²) in [6.07, 6.45) is 16.9. The zero-order chi connectivity index (χ0) is 22.5. The highest BCUT2D eigenvalue weighted by atomic mass is 19.1. The molecular formula is C28H39FO3. The van der Waals surface area contributed by atoms with Crippen LogP contribution in [-0.2, 0) is 4.79 Å². The van der Waals surface area contributed by atoms with Crippen LogP contribution < -0.4 is 9.47 Å². The maximum Gasteiger partial charge on any atom is 0.314 e. The quantitative estimate of drug-likeness (QED) is 0.252. The van der Waals surface area contributed by atoms with Crippen molar-refractivity contribution < 1.29 is 18.7 Å². The van der Waals surface area contributed by atoms with E-state index < -0.39 is 5.82 Å². The van der Waals surface area contributed by atoms with Crippen LogP contribution in [0.1, 0.15) is 77.0 Å². The average Bonchev–Trinajstić information content (AvgIpc) is 2.83. The minimum atomic E-state index is -0.553. The molecule has 4 heteroatoms. The van der Waals surface area contributed by atoms with Crippen molar-refractivity contribution in [2.75, 3.05) is 7.11 Å². The molecule has 4 atom stereocenters. The highest BCUT2D eigenvalue weighted by molar-refractivity contribution is 5.75. The molecule has 176 valence electrons. The first kappa shape index (κ1) is 23.3. The normalized spacial score (nSPS) is 32.6. The van der Waals surface area contributed by atoms with Gasteiger partial charge in [-0.25, -0.2) is 4.39 Å². The number of carbonyl (C=O) groups is 1. The third-order valence-electron chi connectivity index (χ3n) is 8.66. The summed E-state index contributed by atoms with van der Waals surface area (Å²) in [7, 11) is 1.49. The Balaban J connectivity index is 1.23. The number of rotatable bonds is 7. The van der Waals surface area contributed by atoms with Gasteiger partial charge in [-0.2, -0.15) is 0 Å². The number of methoxy groups -OCH3 is 1. The van der Waals surface area contributed by atoms with Crippen LogP contribution in [0.2, 0.25) is 0 Å². The number of hydrogen-bond donors (Lipinski definition) is 0. The molecule has 0 aliphatic heterocycles. The summed E-state index contributed by atoms with van der Waals surface area (Å²) in [5.74, 6) is 3.84. The van der Waals surface area contributed by atoms with E-state index in [1.165, 1.54) is 70.6 Å². The third kappa shape index (κ3) is 5.55. The largest absolute Gasteiger partial charge is 0.497 e. The van der Waals surface area contributed by atoms with E-state index in [1.54, 1.807) is 6.07 Å². The van der Waals surface area contributed by atoms with Crippen LogP contribution >= 0.6 is 0 Å². The van der Waals surface area contributed by atoms with Gasteiger partial charge < -0.3 is 9.47 Å². The molecule has 0 heterocycles. The van der Waals surface area contributed by atoms with Gasteiger partial charge in [0.05, 0.1) is 13.0 Å². The molecule has 0 amide bonds. The molecule has 0 radical (unpaired) electrons. The zero-order valence-electron chi connectivity index (χ0n) is 19.6. The number of carbonyl (C=O) groups excluding carboxylic acids is 1. The molecule has 1 aromatic carbocycles. The van der Waals surface area contributed by atoms with Crippen LogP contribution in [-0.4, -0.2) is 13.1 Å². The highest BCUT2D eigenvalue weighted by Crippen LogP contribution is 2.49. The molecule has 3 aliphatic rings. The van der Waals surface area contributed by atoms with Gasteiger partial charge in [0.1, 0.15) is 5.75 Å². The first-order valence-electron chi connectivity index (χ1n) is 12.7. The minimum absolute atomic E-state index is 0.0000567. The van der Waals surface area contributed by atoms with Gasteiger partial charge in [0.2, 0.25) is 0 Å². The Morgan fingerprint density at radius 1 is 1.00 bits per heavy atom. The standard InChI is InChI=1S/C28H39FO3/c1-3-4-5-19-6-7-24-17-23(13-12-22(24)16-19)20-8-10-21(11-9-20)28(30)32-27-15-14-25(31-2)18-26(27)29/h3,14-15,18-24H,1,4-13,16-17H2,2H3. The Morgan fingerprint density at radius 3 is 2.34 bits per heavy atom. The van der Waals surface area contributed by atoms with Crippen molar-refractivity contribution in [2.24, 2.45) is 35.5 Å². The first-order chi connectivity index (χ1) is 15.6. The Morgan fingerprint density at radius 2 is 1.66 bits per heavy atom. The molecule has 3 aliphatic carbocycles. The Labute approximate surface area is 192 Å². The predicted molar refractivity (Wildman–Crippen MR) is 125 cm³/mol. The molecule has 3 fully saturated rings. The fourth-order valence-electron chi connectivity index (χ4n) is 6.78. The minimum Gasteiger partial charge on any atom is -0.497 e. The monoisotopic (exact) mass is 442 g/mol. The van der Waals surface area contributed by atoms with E-state index in [-0.39, 0.29) is 17.6 Å². The first-order valence-corrected chi connectivity index (χ1v) is 12.7. The Kier molecular flexibility index (Phi) is 7.91. The van der Waals surface area contributed by atoms with Gasteiger partial charge in [0, 0.05) is 6.07 Å². The number of esters is 1. The molecule has 1 aromatic rings. The van der Waals surface area contributed by atoms with Crippen molar-refractivity contribution in [3.8, 4) is 11.5 Å². The zero-order valence-corrected chi connectivity index (χ0v) is 19.6. The summed E-state index contributed by atoms with van der Waals surface area (Å²) in [6.45, 7) is 3.89. The molecule has 3 nitrogen and oxygen atoms in total. The van der Waals surface area contributed by atoms with Crippen LogP contribution in [0.15, 0.2) is 30.9 Å². The SMILES string of the molecule is C=CCCC1CCC2CC(C3CCC(C(=O)Oc4ccc(OC)cc4F)CC3)CCC2C1. The van der Waals surface area contributed by atoms with E-state index in [0.29, 0.717) is 5.75 Å². The van der Waals surface area contributed by atoms with E-state index >= 15 is 0 Å². The maximum atomic E-state index is 14.1. The number of allylic oxidation sites excluding steroid dienone is 1. The lowest BCUT2D eigenvalue weighted by molar-refractivity contribution is -0.140. The molecule has 4 unspecified atom stereocenters. The van der Waals surface area contributed by atoms with Gasteiger partial charge in [-0.1, -0.05) is 12.5 Å². The molecule has 0 saturated heterocycles. The van der Waals surface area contributed by atoms with Crippen LogP contribution in [0.25, 0.3) is 0 Å².